The number of benzene rings is 1. The Morgan fingerprint density at radius 2 is 2.22 bits per heavy atom. The Kier molecular flexibility index (Phi) is 4.42. The molecule has 1 aromatic carbocycles. The summed E-state index contributed by atoms with van der Waals surface area (Å²) in [4.78, 5) is 21.8. The molecule has 0 heterocycles. The van der Waals surface area contributed by atoms with Gasteiger partial charge in [-0.05, 0) is 19.4 Å². The first-order chi connectivity index (χ1) is 8.47. The van der Waals surface area contributed by atoms with Gasteiger partial charge in [0.2, 0.25) is 0 Å². The SMILES string of the molecule is CC/C=C(/C)C(=O)Nc1c(O)cccc1[N+](=O)[O-]. The molecule has 96 valence electrons. The number of aromatic hydroxyl groups is 1. The van der Waals surface area contributed by atoms with E-state index in [2.05, 4.69) is 5.32 Å². The quantitative estimate of drug-likeness (QED) is 0.372. The Bertz CT molecular complexity index is 509. The van der Waals surface area contributed by atoms with Crippen LogP contribution in [0.3, 0.4) is 0 Å². The Morgan fingerprint density at radius 1 is 1.56 bits per heavy atom. The van der Waals surface area contributed by atoms with Crippen molar-refractivity contribution >= 4 is 17.3 Å². The second-order valence-electron chi connectivity index (χ2n) is 3.68. The van der Waals surface area contributed by atoms with E-state index in [4.69, 9.17) is 0 Å². The van der Waals surface area contributed by atoms with Crippen molar-refractivity contribution in [2.45, 2.75) is 20.3 Å². The van der Waals surface area contributed by atoms with E-state index in [9.17, 15) is 20.0 Å². The van der Waals surface area contributed by atoms with Crippen LogP contribution in [-0.4, -0.2) is 15.9 Å². The van der Waals surface area contributed by atoms with Gasteiger partial charge in [-0.2, -0.15) is 0 Å². The van der Waals surface area contributed by atoms with Crippen LogP contribution in [0.2, 0.25) is 0 Å². The highest BCUT2D eigenvalue weighted by Crippen LogP contribution is 2.33. The molecule has 0 aromatic heterocycles. The maximum atomic E-state index is 11.7. The molecule has 6 nitrogen and oxygen atoms in total. The highest BCUT2D eigenvalue weighted by Gasteiger charge is 2.19. The summed E-state index contributed by atoms with van der Waals surface area (Å²) in [6, 6.07) is 3.84. The van der Waals surface area contributed by atoms with Crippen LogP contribution in [0.25, 0.3) is 0 Å². The summed E-state index contributed by atoms with van der Waals surface area (Å²) in [5.41, 5.74) is -0.0842. The van der Waals surface area contributed by atoms with Gasteiger partial charge >= 0.3 is 0 Å². The third kappa shape index (κ3) is 3.07. The number of nitro groups is 1. The van der Waals surface area contributed by atoms with Gasteiger partial charge in [-0.3, -0.25) is 14.9 Å². The molecule has 0 spiro atoms. The fourth-order valence-electron chi connectivity index (χ4n) is 1.42. The first kappa shape index (κ1) is 13.7. The van der Waals surface area contributed by atoms with E-state index in [1.165, 1.54) is 18.2 Å². The Balaban J connectivity index is 3.08. The number of phenolic OH excluding ortho intramolecular Hbond substituents is 1. The number of phenols is 1. The van der Waals surface area contributed by atoms with Gasteiger partial charge < -0.3 is 10.4 Å². The van der Waals surface area contributed by atoms with Crippen LogP contribution in [0.5, 0.6) is 5.75 Å². The van der Waals surface area contributed by atoms with E-state index >= 15 is 0 Å². The van der Waals surface area contributed by atoms with E-state index < -0.39 is 10.8 Å². The minimum absolute atomic E-state index is 0.184. The van der Waals surface area contributed by atoms with E-state index in [0.29, 0.717) is 12.0 Å². The predicted octanol–water partition coefficient (Wildman–Crippen LogP) is 2.60. The van der Waals surface area contributed by atoms with E-state index in [1.807, 2.05) is 6.92 Å². The van der Waals surface area contributed by atoms with E-state index in [0.717, 1.165) is 0 Å². The molecule has 1 rings (SSSR count). The molecule has 0 atom stereocenters. The van der Waals surface area contributed by atoms with Crippen molar-refractivity contribution in [1.29, 1.82) is 0 Å². The lowest BCUT2D eigenvalue weighted by atomic mass is 10.2. The Labute approximate surface area is 104 Å². The zero-order valence-electron chi connectivity index (χ0n) is 10.1. The summed E-state index contributed by atoms with van der Waals surface area (Å²) in [7, 11) is 0. The number of anilines is 1. The molecular formula is C12H14N2O4. The second-order valence-corrected chi connectivity index (χ2v) is 3.68. The Hall–Kier alpha value is -2.37. The number of hydrogen-bond acceptors (Lipinski definition) is 4. The topological polar surface area (TPSA) is 92.5 Å². The van der Waals surface area contributed by atoms with Gasteiger partial charge in [0.25, 0.3) is 11.6 Å². The number of amides is 1. The van der Waals surface area contributed by atoms with E-state index in [1.54, 1.807) is 13.0 Å². The van der Waals surface area contributed by atoms with Crippen LogP contribution in [0, 0.1) is 10.1 Å². The zero-order chi connectivity index (χ0) is 13.7. The summed E-state index contributed by atoms with van der Waals surface area (Å²) < 4.78 is 0. The lowest BCUT2D eigenvalue weighted by Crippen LogP contribution is -2.14. The Morgan fingerprint density at radius 3 is 2.78 bits per heavy atom. The van der Waals surface area contributed by atoms with Crippen molar-refractivity contribution in [3.63, 3.8) is 0 Å². The summed E-state index contributed by atoms with van der Waals surface area (Å²) in [6.07, 6.45) is 2.38. The molecule has 0 bridgehead atoms. The molecule has 1 amide bonds. The van der Waals surface area contributed by atoms with Crippen LogP contribution in [0.15, 0.2) is 29.8 Å². The molecule has 0 saturated carbocycles. The monoisotopic (exact) mass is 250 g/mol. The molecule has 1 aromatic rings. The first-order valence-corrected chi connectivity index (χ1v) is 5.41. The molecule has 0 aliphatic carbocycles. The number of carbonyl (C=O) groups excluding carboxylic acids is 1. The molecule has 0 radical (unpaired) electrons. The minimum atomic E-state index is -0.659. The van der Waals surface area contributed by atoms with Gasteiger partial charge in [-0.1, -0.05) is 19.1 Å². The van der Waals surface area contributed by atoms with Crippen molar-refractivity contribution < 1.29 is 14.8 Å². The number of rotatable bonds is 4. The van der Waals surface area contributed by atoms with Gasteiger partial charge in [-0.15, -0.1) is 0 Å². The number of allylic oxidation sites excluding steroid dienone is 1. The number of carbonyl (C=O) groups is 1. The molecule has 0 saturated heterocycles. The first-order valence-electron chi connectivity index (χ1n) is 5.41. The number of nitrogens with one attached hydrogen (secondary N) is 1. The van der Waals surface area contributed by atoms with Crippen LogP contribution in [-0.2, 0) is 4.79 Å². The predicted molar refractivity (Wildman–Crippen MR) is 67.4 cm³/mol. The fraction of sp³-hybridized carbons (Fsp3) is 0.250. The molecule has 18 heavy (non-hydrogen) atoms. The largest absolute Gasteiger partial charge is 0.505 e. The number of para-hydroxylation sites is 1. The average Bonchev–Trinajstić information content (AvgIpc) is 2.31. The lowest BCUT2D eigenvalue weighted by Gasteiger charge is -2.07. The highest BCUT2D eigenvalue weighted by molar-refractivity contribution is 6.05. The minimum Gasteiger partial charge on any atom is -0.505 e. The standard InChI is InChI=1S/C12H14N2O4/c1-3-5-8(2)12(16)13-11-9(14(17)18)6-4-7-10(11)15/h4-7,15H,3H2,1-2H3,(H,13,16)/b8-5-. The van der Waals surface area contributed by atoms with Crippen molar-refractivity contribution in [1.82, 2.24) is 0 Å². The normalized spacial score (nSPS) is 11.1. The molecule has 0 aliphatic heterocycles. The fourth-order valence-corrected chi connectivity index (χ4v) is 1.42. The summed E-state index contributed by atoms with van der Waals surface area (Å²) >= 11 is 0. The van der Waals surface area contributed by atoms with Gasteiger partial charge in [0.15, 0.2) is 5.69 Å². The molecule has 0 fully saturated rings. The molecule has 0 unspecified atom stereocenters. The van der Waals surface area contributed by atoms with Gasteiger partial charge in [-0.25, -0.2) is 0 Å². The van der Waals surface area contributed by atoms with Crippen molar-refractivity contribution in [2.75, 3.05) is 5.32 Å². The maximum absolute atomic E-state index is 11.7. The van der Waals surface area contributed by atoms with Crippen molar-refractivity contribution in [2.24, 2.45) is 0 Å². The summed E-state index contributed by atoms with van der Waals surface area (Å²) in [6.45, 7) is 3.48. The third-order valence-electron chi connectivity index (χ3n) is 2.32. The van der Waals surface area contributed by atoms with Gasteiger partial charge in [0, 0.05) is 11.6 Å². The maximum Gasteiger partial charge on any atom is 0.296 e. The van der Waals surface area contributed by atoms with Gasteiger partial charge in [0.05, 0.1) is 4.92 Å². The molecular weight excluding hydrogens is 236 g/mol. The lowest BCUT2D eigenvalue weighted by molar-refractivity contribution is -0.384. The van der Waals surface area contributed by atoms with Crippen molar-refractivity contribution in [3.05, 3.63) is 40.0 Å². The third-order valence-corrected chi connectivity index (χ3v) is 2.32. The number of nitro benzene ring substituents is 1. The van der Waals surface area contributed by atoms with Crippen LogP contribution >= 0.6 is 0 Å². The molecule has 2 N–H and O–H groups in total. The number of hydrogen-bond donors (Lipinski definition) is 2. The van der Waals surface area contributed by atoms with Crippen LogP contribution in [0.1, 0.15) is 20.3 Å². The number of nitrogens with zero attached hydrogens (tertiary/aromatic N) is 1. The highest BCUT2D eigenvalue weighted by atomic mass is 16.6. The molecule has 6 heteroatoms. The summed E-state index contributed by atoms with van der Waals surface area (Å²) in [5.74, 6) is -0.803. The summed E-state index contributed by atoms with van der Waals surface area (Å²) in [5, 5.41) is 22.7. The zero-order valence-corrected chi connectivity index (χ0v) is 10.1. The average molecular weight is 250 g/mol. The molecule has 0 aliphatic rings. The van der Waals surface area contributed by atoms with E-state index in [-0.39, 0.29) is 17.1 Å². The smallest absolute Gasteiger partial charge is 0.296 e. The second kappa shape index (κ2) is 5.81. The van der Waals surface area contributed by atoms with Crippen LogP contribution in [0.4, 0.5) is 11.4 Å². The van der Waals surface area contributed by atoms with Gasteiger partial charge in [0.1, 0.15) is 5.75 Å². The van der Waals surface area contributed by atoms with Crippen LogP contribution < -0.4 is 5.32 Å². The van der Waals surface area contributed by atoms with Crippen molar-refractivity contribution in [3.8, 4) is 5.75 Å².